The van der Waals surface area contributed by atoms with Crippen molar-refractivity contribution in [2.75, 3.05) is 57.5 Å². The van der Waals surface area contributed by atoms with Gasteiger partial charge in [-0.05, 0) is 67.2 Å². The Morgan fingerprint density at radius 2 is 1.59 bits per heavy atom. The highest BCUT2D eigenvalue weighted by Gasteiger charge is 2.33. The van der Waals surface area contributed by atoms with Gasteiger partial charge in [0.15, 0.2) is 14.2 Å². The number of benzene rings is 3. The Balaban J connectivity index is 1.20. The summed E-state index contributed by atoms with van der Waals surface area (Å²) in [6, 6.07) is 21.0. The molecule has 1 amide bonds. The molecule has 0 saturated carbocycles. The molecule has 11 heteroatoms. The number of amides is 1. The lowest BCUT2D eigenvalue weighted by molar-refractivity contribution is -0.113. The van der Waals surface area contributed by atoms with Crippen molar-refractivity contribution in [3.8, 4) is 17.2 Å². The van der Waals surface area contributed by atoms with E-state index in [-0.39, 0.29) is 10.8 Å². The molecule has 3 aromatic rings. The number of piperazine rings is 1. The Morgan fingerprint density at radius 1 is 0.927 bits per heavy atom. The van der Waals surface area contributed by atoms with Crippen LogP contribution in [0.2, 0.25) is 0 Å². The number of hydrogen-bond acceptors (Lipinski definition) is 9. The zero-order valence-electron chi connectivity index (χ0n) is 22.9. The first kappa shape index (κ1) is 29.3. The predicted molar refractivity (Wildman–Crippen MR) is 168 cm³/mol. The lowest BCUT2D eigenvalue weighted by atomic mass is 10.2. The van der Waals surface area contributed by atoms with Crippen molar-refractivity contribution in [2.24, 2.45) is 0 Å². The highest BCUT2D eigenvalue weighted by Crippen LogP contribution is 2.37. The van der Waals surface area contributed by atoms with Crippen molar-refractivity contribution in [3.05, 3.63) is 83.3 Å². The molecule has 2 aliphatic rings. The van der Waals surface area contributed by atoms with Crippen LogP contribution in [0.3, 0.4) is 0 Å². The summed E-state index contributed by atoms with van der Waals surface area (Å²) in [6.07, 6.45) is 2.97. The van der Waals surface area contributed by atoms with E-state index in [4.69, 9.17) is 21.7 Å². The van der Waals surface area contributed by atoms with Gasteiger partial charge < -0.3 is 14.4 Å². The summed E-state index contributed by atoms with van der Waals surface area (Å²) in [4.78, 5) is 20.3. The van der Waals surface area contributed by atoms with Gasteiger partial charge in [-0.3, -0.25) is 14.6 Å². The van der Waals surface area contributed by atoms with E-state index in [0.717, 1.165) is 44.5 Å². The molecule has 5 rings (SSSR count). The van der Waals surface area contributed by atoms with E-state index in [2.05, 4.69) is 16.8 Å². The van der Waals surface area contributed by atoms with Gasteiger partial charge in [0.1, 0.15) is 23.9 Å². The molecule has 0 radical (unpaired) electrons. The SMILES string of the molecule is CN1CCN(CCOc2cccc(N3C(=O)/C(=C/c4ccc(Oc5ccc(S(C)(=O)=O)cc5)cc4)SC3=S)c2)CC1. The van der Waals surface area contributed by atoms with Crippen LogP contribution in [0.5, 0.6) is 17.2 Å². The molecule has 2 heterocycles. The fraction of sp³-hybridized carbons (Fsp3) is 0.267. The smallest absolute Gasteiger partial charge is 0.270 e. The molecule has 0 N–H and O–H groups in total. The molecule has 41 heavy (non-hydrogen) atoms. The summed E-state index contributed by atoms with van der Waals surface area (Å²) in [7, 11) is -1.12. The van der Waals surface area contributed by atoms with Gasteiger partial charge in [-0.2, -0.15) is 0 Å². The Hall–Kier alpha value is -3.22. The lowest BCUT2D eigenvalue weighted by Crippen LogP contribution is -2.45. The number of rotatable bonds is 9. The van der Waals surface area contributed by atoms with E-state index in [1.165, 1.54) is 28.8 Å². The zero-order chi connectivity index (χ0) is 29.0. The maximum atomic E-state index is 13.3. The topological polar surface area (TPSA) is 79.4 Å². The van der Waals surface area contributed by atoms with Crippen LogP contribution in [0.15, 0.2) is 82.6 Å². The Labute approximate surface area is 250 Å². The summed E-state index contributed by atoms with van der Waals surface area (Å²) in [5, 5.41) is 0. The van der Waals surface area contributed by atoms with Gasteiger partial charge >= 0.3 is 0 Å². The van der Waals surface area contributed by atoms with Crippen molar-refractivity contribution in [2.45, 2.75) is 4.90 Å². The second-order valence-corrected chi connectivity index (χ2v) is 13.6. The van der Waals surface area contributed by atoms with E-state index in [1.54, 1.807) is 30.3 Å². The number of nitrogens with zero attached hydrogens (tertiary/aromatic N) is 3. The molecular weight excluding hydrogens is 579 g/mol. The van der Waals surface area contributed by atoms with Crippen molar-refractivity contribution in [3.63, 3.8) is 0 Å². The fourth-order valence-corrected chi connectivity index (χ4v) is 6.37. The number of ether oxygens (including phenoxy) is 2. The molecule has 214 valence electrons. The van der Waals surface area contributed by atoms with Gasteiger partial charge in [0.2, 0.25) is 0 Å². The number of carbonyl (C=O) groups excluding carboxylic acids is 1. The van der Waals surface area contributed by atoms with Crippen LogP contribution in [0, 0.1) is 0 Å². The number of likely N-dealkylation sites (N-methyl/N-ethyl adjacent to an activating group) is 1. The summed E-state index contributed by atoms with van der Waals surface area (Å²) in [5.74, 6) is 1.64. The maximum Gasteiger partial charge on any atom is 0.270 e. The average molecular weight is 610 g/mol. The highest BCUT2D eigenvalue weighted by atomic mass is 32.2. The Bertz CT molecular complexity index is 1550. The molecule has 0 atom stereocenters. The Kier molecular flexibility index (Phi) is 9.10. The minimum atomic E-state index is -3.26. The van der Waals surface area contributed by atoms with Gasteiger partial charge in [-0.25, -0.2) is 8.42 Å². The van der Waals surface area contributed by atoms with Gasteiger partial charge in [0, 0.05) is 45.0 Å². The third-order valence-electron chi connectivity index (χ3n) is 6.81. The number of thioether (sulfide) groups is 1. The molecule has 2 fully saturated rings. The van der Waals surface area contributed by atoms with Crippen LogP contribution < -0.4 is 14.4 Å². The molecule has 3 aromatic carbocycles. The minimum Gasteiger partial charge on any atom is -0.492 e. The molecular formula is C30H31N3O5S3. The van der Waals surface area contributed by atoms with E-state index >= 15 is 0 Å². The number of thiocarbonyl (C=S) groups is 1. The highest BCUT2D eigenvalue weighted by molar-refractivity contribution is 8.27. The zero-order valence-corrected chi connectivity index (χ0v) is 25.3. The third kappa shape index (κ3) is 7.55. The van der Waals surface area contributed by atoms with Crippen LogP contribution in [0.4, 0.5) is 5.69 Å². The molecule has 2 aliphatic heterocycles. The largest absolute Gasteiger partial charge is 0.492 e. The normalized spacial score (nSPS) is 17.8. The van der Waals surface area contributed by atoms with E-state index in [1.807, 2.05) is 36.4 Å². The average Bonchev–Trinajstić information content (AvgIpc) is 3.23. The van der Waals surface area contributed by atoms with E-state index in [9.17, 15) is 13.2 Å². The summed E-state index contributed by atoms with van der Waals surface area (Å²) >= 11 is 6.82. The quantitative estimate of drug-likeness (QED) is 0.248. The molecule has 8 nitrogen and oxygen atoms in total. The molecule has 0 unspecified atom stereocenters. The van der Waals surface area contributed by atoms with E-state index < -0.39 is 9.84 Å². The lowest BCUT2D eigenvalue weighted by Gasteiger charge is -2.32. The van der Waals surface area contributed by atoms with Crippen LogP contribution in [-0.4, -0.2) is 81.1 Å². The first-order valence-corrected chi connectivity index (χ1v) is 16.3. The van der Waals surface area contributed by atoms with Gasteiger partial charge in [0.25, 0.3) is 5.91 Å². The standard InChI is InChI=1S/C30H31N3O5S3/c1-31-14-16-32(17-15-31)18-19-37-26-5-3-4-23(21-26)33-29(34)28(40-30(33)39)20-22-6-8-24(9-7-22)38-25-10-12-27(13-11-25)41(2,35)36/h3-13,20-21H,14-19H2,1-2H3/b28-20-. The van der Waals surface area contributed by atoms with Crippen LogP contribution >= 0.6 is 24.0 Å². The molecule has 0 spiro atoms. The molecule has 0 aliphatic carbocycles. The molecule has 0 aromatic heterocycles. The van der Waals surface area contributed by atoms with Crippen LogP contribution in [0.25, 0.3) is 6.08 Å². The van der Waals surface area contributed by atoms with E-state index in [0.29, 0.717) is 38.8 Å². The van der Waals surface area contributed by atoms with Crippen molar-refractivity contribution < 1.29 is 22.7 Å². The predicted octanol–water partition coefficient (Wildman–Crippen LogP) is 4.91. The monoisotopic (exact) mass is 609 g/mol. The number of anilines is 1. The van der Waals surface area contributed by atoms with Crippen molar-refractivity contribution in [1.29, 1.82) is 0 Å². The summed E-state index contributed by atoms with van der Waals surface area (Å²) in [6.45, 7) is 5.66. The first-order chi connectivity index (χ1) is 19.7. The second-order valence-electron chi connectivity index (χ2n) is 9.92. The Morgan fingerprint density at radius 3 is 2.24 bits per heavy atom. The molecule has 0 bridgehead atoms. The second kappa shape index (κ2) is 12.7. The fourth-order valence-electron chi connectivity index (χ4n) is 4.44. The number of hydrogen-bond donors (Lipinski definition) is 0. The number of carbonyl (C=O) groups is 1. The summed E-state index contributed by atoms with van der Waals surface area (Å²) < 4.78 is 35.6. The van der Waals surface area contributed by atoms with Crippen molar-refractivity contribution >= 4 is 55.8 Å². The first-order valence-electron chi connectivity index (χ1n) is 13.2. The third-order valence-corrected chi connectivity index (χ3v) is 9.24. The molecule has 2 saturated heterocycles. The van der Waals surface area contributed by atoms with Crippen molar-refractivity contribution in [1.82, 2.24) is 9.80 Å². The van der Waals surface area contributed by atoms with Crippen LogP contribution in [-0.2, 0) is 14.6 Å². The van der Waals surface area contributed by atoms with Gasteiger partial charge in [0.05, 0.1) is 15.5 Å². The summed E-state index contributed by atoms with van der Waals surface area (Å²) in [5.41, 5.74) is 1.50. The minimum absolute atomic E-state index is 0.180. The van der Waals surface area contributed by atoms with Gasteiger partial charge in [-0.1, -0.05) is 42.2 Å². The van der Waals surface area contributed by atoms with Gasteiger partial charge in [-0.15, -0.1) is 0 Å². The maximum absolute atomic E-state index is 13.3. The van der Waals surface area contributed by atoms with Crippen LogP contribution in [0.1, 0.15) is 5.56 Å². The number of sulfone groups is 1.